The quantitative estimate of drug-likeness (QED) is 0.817. The Morgan fingerprint density at radius 1 is 0.882 bits per heavy atom. The molecule has 0 fully saturated rings. The molecule has 1 nitrogen and oxygen atoms in total. The van der Waals surface area contributed by atoms with E-state index >= 15 is 0 Å². The molecule has 0 aliphatic rings. The molecule has 0 heterocycles. The van der Waals surface area contributed by atoms with E-state index in [4.69, 9.17) is 4.74 Å². The lowest BCUT2D eigenvalue weighted by Gasteiger charge is -2.07. The van der Waals surface area contributed by atoms with Crippen molar-refractivity contribution < 1.29 is 9.13 Å². The van der Waals surface area contributed by atoms with Gasteiger partial charge >= 0.3 is 0 Å². The molecule has 17 heavy (non-hydrogen) atoms. The first-order valence-electron chi connectivity index (χ1n) is 5.32. The van der Waals surface area contributed by atoms with Crippen molar-refractivity contribution in [2.45, 2.75) is 13.2 Å². The lowest BCUT2D eigenvalue weighted by Crippen LogP contribution is -1.97. The lowest BCUT2D eigenvalue weighted by molar-refractivity contribution is 0.104. The van der Waals surface area contributed by atoms with Gasteiger partial charge in [-0.25, -0.2) is 4.39 Å². The highest BCUT2D eigenvalue weighted by Crippen LogP contribution is 2.17. The van der Waals surface area contributed by atoms with Crippen LogP contribution in [0.2, 0.25) is 0 Å². The van der Waals surface area contributed by atoms with Crippen molar-refractivity contribution in [1.82, 2.24) is 0 Å². The van der Waals surface area contributed by atoms with Gasteiger partial charge in [-0.05, 0) is 17.7 Å². The van der Waals surface area contributed by atoms with Crippen molar-refractivity contribution in [3.63, 3.8) is 0 Å². The molecule has 0 aromatic heterocycles. The lowest BCUT2D eigenvalue weighted by atomic mass is 10.2. The maximum Gasteiger partial charge on any atom is 0.128 e. The third-order valence-electron chi connectivity index (χ3n) is 2.43. The molecule has 0 bridgehead atoms. The number of halogens is 2. The van der Waals surface area contributed by atoms with Crippen LogP contribution in [-0.2, 0) is 18.0 Å². The molecule has 0 N–H and O–H groups in total. The second-order valence-corrected chi connectivity index (χ2v) is 4.53. The number of rotatable bonds is 4. The van der Waals surface area contributed by atoms with E-state index in [0.29, 0.717) is 12.2 Å². The molecule has 0 unspecified atom stereocenters. The number of ether oxygens (including phenoxy) is 1. The Kier molecular flexibility index (Phi) is 4.29. The van der Waals surface area contributed by atoms with Crippen LogP contribution in [0, 0.1) is 5.82 Å². The summed E-state index contributed by atoms with van der Waals surface area (Å²) in [5.74, 6) is -0.223. The van der Waals surface area contributed by atoms with Gasteiger partial charge in [0, 0.05) is 10.0 Å². The monoisotopic (exact) mass is 294 g/mol. The zero-order valence-corrected chi connectivity index (χ0v) is 10.8. The van der Waals surface area contributed by atoms with Crippen LogP contribution in [0.15, 0.2) is 53.0 Å². The fourth-order valence-corrected chi connectivity index (χ4v) is 1.90. The fraction of sp³-hybridized carbons (Fsp3) is 0.143. The summed E-state index contributed by atoms with van der Waals surface area (Å²) < 4.78 is 19.8. The topological polar surface area (TPSA) is 9.23 Å². The maximum absolute atomic E-state index is 13.3. The zero-order chi connectivity index (χ0) is 12.1. The summed E-state index contributed by atoms with van der Waals surface area (Å²) >= 11 is 3.44. The van der Waals surface area contributed by atoms with Gasteiger partial charge in [0.2, 0.25) is 0 Å². The highest BCUT2D eigenvalue weighted by atomic mass is 79.9. The number of benzene rings is 2. The van der Waals surface area contributed by atoms with Crippen molar-refractivity contribution in [3.05, 3.63) is 69.9 Å². The Balaban J connectivity index is 1.93. The van der Waals surface area contributed by atoms with Crippen molar-refractivity contribution in [1.29, 1.82) is 0 Å². The summed E-state index contributed by atoms with van der Waals surface area (Å²) in [5, 5.41) is 0. The van der Waals surface area contributed by atoms with Crippen LogP contribution < -0.4 is 0 Å². The van der Waals surface area contributed by atoms with Gasteiger partial charge in [0.25, 0.3) is 0 Å². The van der Waals surface area contributed by atoms with Gasteiger partial charge in [-0.15, -0.1) is 0 Å². The molecule has 0 atom stereocenters. The van der Waals surface area contributed by atoms with Crippen LogP contribution in [0.4, 0.5) is 4.39 Å². The van der Waals surface area contributed by atoms with Crippen molar-refractivity contribution in [2.75, 3.05) is 0 Å². The Hall–Kier alpha value is -1.19. The second-order valence-electron chi connectivity index (χ2n) is 3.68. The summed E-state index contributed by atoms with van der Waals surface area (Å²) in [6.45, 7) is 0.754. The van der Waals surface area contributed by atoms with Crippen LogP contribution in [0.5, 0.6) is 0 Å². The molecular weight excluding hydrogens is 283 g/mol. The maximum atomic E-state index is 13.3. The van der Waals surface area contributed by atoms with Crippen molar-refractivity contribution in [2.24, 2.45) is 0 Å². The van der Waals surface area contributed by atoms with Gasteiger partial charge in [0.15, 0.2) is 0 Å². The van der Waals surface area contributed by atoms with E-state index in [1.165, 1.54) is 6.07 Å². The van der Waals surface area contributed by atoms with E-state index in [1.807, 2.05) is 24.3 Å². The first-order valence-corrected chi connectivity index (χ1v) is 6.11. The van der Waals surface area contributed by atoms with E-state index in [2.05, 4.69) is 15.9 Å². The average Bonchev–Trinajstić information content (AvgIpc) is 2.34. The van der Waals surface area contributed by atoms with Gasteiger partial charge in [-0.2, -0.15) is 0 Å². The molecule has 0 aliphatic heterocycles. The Labute approximate surface area is 108 Å². The molecule has 0 spiro atoms. The summed E-state index contributed by atoms with van der Waals surface area (Å²) in [6, 6.07) is 14.5. The minimum absolute atomic E-state index is 0.223. The highest BCUT2D eigenvalue weighted by molar-refractivity contribution is 9.10. The SMILES string of the molecule is Fc1ccccc1COCc1ccccc1Br. The molecule has 2 aromatic carbocycles. The molecular formula is C14H12BrFO. The summed E-state index contributed by atoms with van der Waals surface area (Å²) in [6.07, 6.45) is 0. The molecule has 0 radical (unpaired) electrons. The molecule has 2 aromatic rings. The van der Waals surface area contributed by atoms with Crippen LogP contribution in [0.3, 0.4) is 0 Å². The van der Waals surface area contributed by atoms with Gasteiger partial charge in [0.05, 0.1) is 13.2 Å². The first kappa shape index (κ1) is 12.3. The third-order valence-corrected chi connectivity index (χ3v) is 3.20. The largest absolute Gasteiger partial charge is 0.372 e. The van der Waals surface area contributed by atoms with E-state index in [-0.39, 0.29) is 12.4 Å². The summed E-state index contributed by atoms with van der Waals surface area (Å²) in [7, 11) is 0. The molecule has 0 aliphatic carbocycles. The smallest absolute Gasteiger partial charge is 0.128 e. The molecule has 3 heteroatoms. The number of hydrogen-bond acceptors (Lipinski definition) is 1. The molecule has 0 amide bonds. The Morgan fingerprint density at radius 2 is 1.47 bits per heavy atom. The van der Waals surface area contributed by atoms with Crippen LogP contribution in [0.1, 0.15) is 11.1 Å². The van der Waals surface area contributed by atoms with Gasteiger partial charge in [-0.1, -0.05) is 52.3 Å². The van der Waals surface area contributed by atoms with E-state index in [9.17, 15) is 4.39 Å². The molecule has 2 rings (SSSR count). The summed E-state index contributed by atoms with van der Waals surface area (Å²) in [5.41, 5.74) is 1.64. The van der Waals surface area contributed by atoms with Crippen LogP contribution in [-0.4, -0.2) is 0 Å². The van der Waals surface area contributed by atoms with Gasteiger partial charge in [-0.3, -0.25) is 0 Å². The third kappa shape index (κ3) is 3.38. The van der Waals surface area contributed by atoms with Crippen molar-refractivity contribution >= 4 is 15.9 Å². The molecule has 0 saturated heterocycles. The predicted molar refractivity (Wildman–Crippen MR) is 69.0 cm³/mol. The minimum Gasteiger partial charge on any atom is -0.372 e. The Morgan fingerprint density at radius 3 is 2.18 bits per heavy atom. The van der Waals surface area contributed by atoms with E-state index in [0.717, 1.165) is 10.0 Å². The predicted octanol–water partition coefficient (Wildman–Crippen LogP) is 4.31. The standard InChI is InChI=1S/C14H12BrFO/c15-13-7-3-1-5-11(13)9-17-10-12-6-2-4-8-14(12)16/h1-8H,9-10H2. The first-order chi connectivity index (χ1) is 8.27. The highest BCUT2D eigenvalue weighted by Gasteiger charge is 2.02. The van der Waals surface area contributed by atoms with E-state index < -0.39 is 0 Å². The fourth-order valence-electron chi connectivity index (χ4n) is 1.50. The van der Waals surface area contributed by atoms with Gasteiger partial charge < -0.3 is 4.74 Å². The van der Waals surface area contributed by atoms with Crippen LogP contribution in [0.25, 0.3) is 0 Å². The summed E-state index contributed by atoms with van der Waals surface area (Å²) in [4.78, 5) is 0. The Bertz CT molecular complexity index is 454. The molecule has 88 valence electrons. The second kappa shape index (κ2) is 5.94. The van der Waals surface area contributed by atoms with Crippen molar-refractivity contribution in [3.8, 4) is 0 Å². The van der Waals surface area contributed by atoms with E-state index in [1.54, 1.807) is 18.2 Å². The zero-order valence-electron chi connectivity index (χ0n) is 9.20. The molecule has 0 saturated carbocycles. The normalized spacial score (nSPS) is 10.5. The number of hydrogen-bond donors (Lipinski definition) is 0. The minimum atomic E-state index is -0.223. The van der Waals surface area contributed by atoms with Crippen LogP contribution >= 0.6 is 15.9 Å². The van der Waals surface area contributed by atoms with Gasteiger partial charge in [0.1, 0.15) is 5.82 Å². The average molecular weight is 295 g/mol.